The van der Waals surface area contributed by atoms with Crippen LogP contribution < -0.4 is 20.9 Å². The molecule has 6 nitrogen and oxygen atoms in total. The summed E-state index contributed by atoms with van der Waals surface area (Å²) in [5.41, 5.74) is 6.31. The highest BCUT2D eigenvalue weighted by Gasteiger charge is 2.09. The van der Waals surface area contributed by atoms with Crippen LogP contribution in [0.2, 0.25) is 0 Å². The largest absolute Gasteiger partial charge is 0.494 e. The minimum atomic E-state index is -0.412. The van der Waals surface area contributed by atoms with Gasteiger partial charge in [0.1, 0.15) is 5.75 Å². The summed E-state index contributed by atoms with van der Waals surface area (Å²) in [4.78, 5) is 24.0. The number of carbonyl (C=O) groups excluding carboxylic acids is 2. The first kappa shape index (κ1) is 20.8. The van der Waals surface area contributed by atoms with Gasteiger partial charge in [0.2, 0.25) is 5.91 Å². The first-order valence-corrected chi connectivity index (χ1v) is 9.55. The van der Waals surface area contributed by atoms with Crippen molar-refractivity contribution < 1.29 is 14.3 Å². The van der Waals surface area contributed by atoms with E-state index in [9.17, 15) is 9.59 Å². The number of nitrogens with one attached hydrogen (secondary N) is 3. The van der Waals surface area contributed by atoms with Crippen LogP contribution in [0.5, 0.6) is 5.75 Å². The van der Waals surface area contributed by atoms with Crippen LogP contribution in [-0.2, 0) is 4.79 Å². The van der Waals surface area contributed by atoms with Gasteiger partial charge in [0, 0.05) is 9.65 Å². The van der Waals surface area contributed by atoms with Crippen molar-refractivity contribution in [2.45, 2.75) is 6.92 Å². The van der Waals surface area contributed by atoms with Crippen LogP contribution in [0.25, 0.3) is 6.08 Å². The lowest BCUT2D eigenvalue weighted by atomic mass is 10.2. The fraction of sp³-hybridized carbons (Fsp3) is 0.105. The highest BCUT2D eigenvalue weighted by atomic mass is 127. The van der Waals surface area contributed by atoms with E-state index in [1.807, 2.05) is 43.3 Å². The first-order valence-electron chi connectivity index (χ1n) is 8.06. The predicted octanol–water partition coefficient (Wildman–Crippen LogP) is 3.04. The fourth-order valence-electron chi connectivity index (χ4n) is 2.02. The summed E-state index contributed by atoms with van der Waals surface area (Å²) in [6.45, 7) is 2.51. The lowest BCUT2D eigenvalue weighted by molar-refractivity contribution is -0.115. The number of halogens is 1. The first-order chi connectivity index (χ1) is 13.0. The number of hydrogen-bond donors (Lipinski definition) is 3. The smallest absolute Gasteiger partial charge is 0.270 e. The van der Waals surface area contributed by atoms with Gasteiger partial charge in [-0.3, -0.25) is 25.8 Å². The summed E-state index contributed by atoms with van der Waals surface area (Å²) in [6.07, 6.45) is 3.00. The number of rotatable bonds is 5. The van der Waals surface area contributed by atoms with Crippen molar-refractivity contribution >= 4 is 57.8 Å². The van der Waals surface area contributed by atoms with Gasteiger partial charge in [-0.05, 0) is 77.6 Å². The number of ether oxygens (including phenoxy) is 1. The van der Waals surface area contributed by atoms with E-state index in [0.717, 1.165) is 14.9 Å². The highest BCUT2D eigenvalue weighted by Crippen LogP contribution is 2.13. The van der Waals surface area contributed by atoms with Gasteiger partial charge in [-0.2, -0.15) is 0 Å². The molecular weight excluding hydrogens is 477 g/mol. The van der Waals surface area contributed by atoms with Gasteiger partial charge in [0.25, 0.3) is 5.91 Å². The van der Waals surface area contributed by atoms with E-state index in [2.05, 4.69) is 38.8 Å². The Morgan fingerprint density at radius 1 is 1.11 bits per heavy atom. The van der Waals surface area contributed by atoms with Crippen LogP contribution >= 0.6 is 34.8 Å². The van der Waals surface area contributed by atoms with Crippen LogP contribution in [0.1, 0.15) is 22.8 Å². The second kappa shape index (κ2) is 10.6. The van der Waals surface area contributed by atoms with E-state index < -0.39 is 5.91 Å². The van der Waals surface area contributed by atoms with Crippen molar-refractivity contribution in [3.05, 3.63) is 69.3 Å². The zero-order valence-corrected chi connectivity index (χ0v) is 17.5. The molecule has 8 heteroatoms. The van der Waals surface area contributed by atoms with E-state index in [4.69, 9.17) is 17.0 Å². The van der Waals surface area contributed by atoms with Crippen LogP contribution in [0.4, 0.5) is 0 Å². The van der Waals surface area contributed by atoms with Crippen LogP contribution in [0.15, 0.2) is 54.6 Å². The number of amides is 2. The predicted molar refractivity (Wildman–Crippen MR) is 117 cm³/mol. The Kier molecular flexibility index (Phi) is 8.21. The minimum absolute atomic E-state index is 0.00404. The lowest BCUT2D eigenvalue weighted by Gasteiger charge is -2.10. The number of carbonyl (C=O) groups is 2. The van der Waals surface area contributed by atoms with E-state index >= 15 is 0 Å². The van der Waals surface area contributed by atoms with Crippen molar-refractivity contribution in [3.63, 3.8) is 0 Å². The Bertz CT molecular complexity index is 854. The van der Waals surface area contributed by atoms with Gasteiger partial charge < -0.3 is 4.74 Å². The number of hydrazine groups is 1. The number of benzene rings is 2. The molecule has 0 radical (unpaired) electrons. The molecule has 0 heterocycles. The Morgan fingerprint density at radius 2 is 1.81 bits per heavy atom. The zero-order chi connectivity index (χ0) is 19.6. The molecule has 0 aliphatic carbocycles. The molecule has 0 fully saturated rings. The molecule has 0 saturated heterocycles. The minimum Gasteiger partial charge on any atom is -0.494 e. The van der Waals surface area contributed by atoms with Crippen LogP contribution in [0, 0.1) is 3.57 Å². The molecule has 0 aromatic heterocycles. The molecule has 0 saturated carbocycles. The maximum atomic E-state index is 12.1. The van der Waals surface area contributed by atoms with Crippen molar-refractivity contribution in [1.82, 2.24) is 16.2 Å². The summed E-state index contributed by atoms with van der Waals surface area (Å²) in [5.74, 6) is 0.0137. The quantitative estimate of drug-likeness (QED) is 0.257. The van der Waals surface area contributed by atoms with Crippen molar-refractivity contribution in [2.75, 3.05) is 6.61 Å². The van der Waals surface area contributed by atoms with Gasteiger partial charge in [-0.15, -0.1) is 0 Å². The molecule has 0 bridgehead atoms. The second-order valence-corrected chi connectivity index (χ2v) is 6.78. The average Bonchev–Trinajstić information content (AvgIpc) is 2.66. The number of hydrogen-bond acceptors (Lipinski definition) is 4. The summed E-state index contributed by atoms with van der Waals surface area (Å²) >= 11 is 7.07. The molecule has 0 atom stereocenters. The van der Waals surface area contributed by atoms with Crippen LogP contribution in [-0.4, -0.2) is 23.5 Å². The van der Waals surface area contributed by atoms with Gasteiger partial charge in [-0.25, -0.2) is 0 Å². The van der Waals surface area contributed by atoms with E-state index in [1.54, 1.807) is 18.2 Å². The van der Waals surface area contributed by atoms with Gasteiger partial charge in [0.15, 0.2) is 5.11 Å². The highest BCUT2D eigenvalue weighted by molar-refractivity contribution is 14.1. The summed E-state index contributed by atoms with van der Waals surface area (Å²) < 4.78 is 6.17. The molecule has 2 aromatic carbocycles. The normalized spacial score (nSPS) is 10.3. The standard InChI is InChI=1S/C19H18IN3O3S/c1-2-26-14-10-7-13(8-11-14)9-12-17(24)21-19(27)23-22-18(25)15-5-3-4-6-16(15)20/h3-12H,2H2,1H3,(H,22,25)(H2,21,23,24,27)/b12-9+. The molecular formula is C19H18IN3O3S. The van der Waals surface area contributed by atoms with Crippen LogP contribution in [0.3, 0.4) is 0 Å². The molecule has 0 spiro atoms. The van der Waals surface area contributed by atoms with Crippen molar-refractivity contribution in [3.8, 4) is 5.75 Å². The molecule has 0 aliphatic rings. The maximum absolute atomic E-state index is 12.1. The van der Waals surface area contributed by atoms with E-state index in [0.29, 0.717) is 12.2 Å². The topological polar surface area (TPSA) is 79.5 Å². The SMILES string of the molecule is CCOc1ccc(/C=C/C(=O)NC(=S)NNC(=O)c2ccccc2I)cc1. The third-order valence-electron chi connectivity index (χ3n) is 3.26. The summed E-state index contributed by atoms with van der Waals surface area (Å²) in [7, 11) is 0. The molecule has 140 valence electrons. The number of thiocarbonyl (C=S) groups is 1. The summed E-state index contributed by atoms with van der Waals surface area (Å²) in [6, 6.07) is 14.5. The Balaban J connectivity index is 1.80. The molecule has 2 amide bonds. The molecule has 3 N–H and O–H groups in total. The van der Waals surface area contributed by atoms with Crippen molar-refractivity contribution in [1.29, 1.82) is 0 Å². The summed E-state index contributed by atoms with van der Waals surface area (Å²) in [5, 5.41) is 2.45. The Morgan fingerprint density at radius 3 is 2.48 bits per heavy atom. The van der Waals surface area contributed by atoms with Gasteiger partial charge >= 0.3 is 0 Å². The Hall–Kier alpha value is -2.46. The maximum Gasteiger partial charge on any atom is 0.270 e. The van der Waals surface area contributed by atoms with Gasteiger partial charge in [-0.1, -0.05) is 24.3 Å². The Labute approximate surface area is 176 Å². The molecule has 0 aliphatic heterocycles. The molecule has 2 rings (SSSR count). The fourth-order valence-corrected chi connectivity index (χ4v) is 2.81. The second-order valence-electron chi connectivity index (χ2n) is 5.21. The zero-order valence-electron chi connectivity index (χ0n) is 14.5. The van der Waals surface area contributed by atoms with Crippen molar-refractivity contribution in [2.24, 2.45) is 0 Å². The average molecular weight is 495 g/mol. The van der Waals surface area contributed by atoms with E-state index in [-0.39, 0.29) is 11.0 Å². The molecule has 2 aromatic rings. The monoisotopic (exact) mass is 495 g/mol. The molecule has 0 unspecified atom stereocenters. The third kappa shape index (κ3) is 6.99. The molecule has 27 heavy (non-hydrogen) atoms. The third-order valence-corrected chi connectivity index (χ3v) is 4.41. The van der Waals surface area contributed by atoms with E-state index in [1.165, 1.54) is 6.08 Å². The lowest BCUT2D eigenvalue weighted by Crippen LogP contribution is -2.48. The van der Waals surface area contributed by atoms with Gasteiger partial charge in [0.05, 0.1) is 12.2 Å².